The molecule has 0 amide bonds. The Morgan fingerprint density at radius 1 is 0.925 bits per heavy atom. The summed E-state index contributed by atoms with van der Waals surface area (Å²) in [6, 6.07) is 12.5. The summed E-state index contributed by atoms with van der Waals surface area (Å²) in [5.41, 5.74) is 3.07. The molecule has 2 aromatic rings. The highest BCUT2D eigenvalue weighted by atomic mass is 16.5. The highest BCUT2D eigenvalue weighted by molar-refractivity contribution is 6.13. The van der Waals surface area contributed by atoms with E-state index >= 15 is 0 Å². The largest absolute Gasteiger partial charge is 0.497 e. The minimum atomic E-state index is -1.13. The third-order valence-electron chi connectivity index (χ3n) is 7.32. The molecule has 9 heteroatoms. The van der Waals surface area contributed by atoms with E-state index in [4.69, 9.17) is 23.7 Å². The number of Topliss-reactive ketones (excluding diaryl/α,β-unsaturated/α-hetero) is 1. The Kier molecular flexibility index (Phi) is 8.82. The van der Waals surface area contributed by atoms with Crippen molar-refractivity contribution in [2.45, 2.75) is 39.0 Å². The zero-order valence-electron chi connectivity index (χ0n) is 23.7. The summed E-state index contributed by atoms with van der Waals surface area (Å²) in [5.74, 6) is -2.52. The monoisotopic (exact) mass is 549 g/mol. The molecule has 0 aromatic heterocycles. The van der Waals surface area contributed by atoms with Crippen molar-refractivity contribution >= 4 is 17.7 Å². The number of dihydropyridines is 1. The average Bonchev–Trinajstić information content (AvgIpc) is 2.96. The molecule has 0 fully saturated rings. The van der Waals surface area contributed by atoms with Crippen molar-refractivity contribution in [2.24, 2.45) is 5.92 Å². The summed E-state index contributed by atoms with van der Waals surface area (Å²) < 4.78 is 27.4. The number of hydrogen-bond donors (Lipinski definition) is 1. The lowest BCUT2D eigenvalue weighted by atomic mass is 9.67. The van der Waals surface area contributed by atoms with Gasteiger partial charge in [-0.1, -0.05) is 12.1 Å². The lowest BCUT2D eigenvalue weighted by Gasteiger charge is -2.39. The Labute approximate surface area is 234 Å². The van der Waals surface area contributed by atoms with Crippen molar-refractivity contribution in [3.05, 3.63) is 76.1 Å². The Morgan fingerprint density at radius 3 is 2.27 bits per heavy atom. The van der Waals surface area contributed by atoms with E-state index in [1.54, 1.807) is 52.1 Å². The van der Waals surface area contributed by atoms with E-state index in [0.717, 1.165) is 5.56 Å². The van der Waals surface area contributed by atoms with Crippen LogP contribution < -0.4 is 19.5 Å². The molecule has 4 rings (SSSR count). The van der Waals surface area contributed by atoms with Gasteiger partial charge in [0.25, 0.3) is 0 Å². The number of benzene rings is 2. The van der Waals surface area contributed by atoms with Crippen LogP contribution in [0.3, 0.4) is 0 Å². The molecular weight excluding hydrogens is 514 g/mol. The molecule has 0 radical (unpaired) electrons. The fourth-order valence-electron chi connectivity index (χ4n) is 5.58. The number of carbonyl (C=O) groups is 3. The van der Waals surface area contributed by atoms with E-state index in [2.05, 4.69) is 5.32 Å². The van der Waals surface area contributed by atoms with Gasteiger partial charge in [0.05, 0.1) is 46.0 Å². The normalized spacial score (nSPS) is 20.4. The number of esters is 2. The molecule has 0 saturated carbocycles. The van der Waals surface area contributed by atoms with Gasteiger partial charge >= 0.3 is 11.9 Å². The van der Waals surface area contributed by atoms with Gasteiger partial charge in [-0.3, -0.25) is 9.59 Å². The van der Waals surface area contributed by atoms with Gasteiger partial charge in [0, 0.05) is 28.4 Å². The van der Waals surface area contributed by atoms with Crippen molar-refractivity contribution in [3.63, 3.8) is 0 Å². The van der Waals surface area contributed by atoms with Gasteiger partial charge in [-0.05, 0) is 63.1 Å². The first-order valence-corrected chi connectivity index (χ1v) is 13.2. The van der Waals surface area contributed by atoms with E-state index in [0.29, 0.717) is 46.2 Å². The van der Waals surface area contributed by atoms with Crippen LogP contribution in [0.1, 0.15) is 50.2 Å². The molecule has 40 heavy (non-hydrogen) atoms. The molecule has 3 unspecified atom stereocenters. The summed E-state index contributed by atoms with van der Waals surface area (Å²) in [5, 5.41) is 3.31. The van der Waals surface area contributed by atoms with Gasteiger partial charge in [0.2, 0.25) is 0 Å². The molecular formula is C31H35NO8. The number of ketones is 1. The molecule has 1 heterocycles. The number of rotatable bonds is 9. The van der Waals surface area contributed by atoms with Crippen LogP contribution >= 0.6 is 0 Å². The summed E-state index contributed by atoms with van der Waals surface area (Å²) in [4.78, 5) is 41.3. The van der Waals surface area contributed by atoms with Crippen LogP contribution in [-0.2, 0) is 23.9 Å². The van der Waals surface area contributed by atoms with Crippen molar-refractivity contribution in [3.8, 4) is 17.2 Å². The minimum absolute atomic E-state index is 0.123. The van der Waals surface area contributed by atoms with E-state index in [9.17, 15) is 14.4 Å². The molecule has 0 bridgehead atoms. The summed E-state index contributed by atoms with van der Waals surface area (Å²) in [7, 11) is 4.62. The molecule has 0 spiro atoms. The Hall–Kier alpha value is -4.27. The quantitative estimate of drug-likeness (QED) is 0.359. The van der Waals surface area contributed by atoms with Crippen LogP contribution in [0.4, 0.5) is 0 Å². The maximum atomic E-state index is 14.5. The SMILES string of the molecule is CCOC(=O)C1=C(C)NC2=C(C(=O)C(C(=O)OCC)C(c3cccc(OC)c3)C2)C1c1cc(OC)ccc1OC. The molecule has 1 aliphatic heterocycles. The molecule has 1 aliphatic carbocycles. The lowest BCUT2D eigenvalue weighted by Crippen LogP contribution is -2.43. The molecule has 9 nitrogen and oxygen atoms in total. The molecule has 1 N–H and O–H groups in total. The minimum Gasteiger partial charge on any atom is -0.497 e. The summed E-state index contributed by atoms with van der Waals surface area (Å²) in [6.45, 7) is 5.47. The second kappa shape index (κ2) is 12.3. The summed E-state index contributed by atoms with van der Waals surface area (Å²) in [6.07, 6.45) is 0.327. The van der Waals surface area contributed by atoms with E-state index in [1.165, 1.54) is 14.2 Å². The summed E-state index contributed by atoms with van der Waals surface area (Å²) >= 11 is 0. The fourth-order valence-corrected chi connectivity index (χ4v) is 5.58. The number of hydrogen-bond acceptors (Lipinski definition) is 9. The van der Waals surface area contributed by atoms with Gasteiger partial charge in [-0.15, -0.1) is 0 Å². The predicted molar refractivity (Wildman–Crippen MR) is 147 cm³/mol. The molecule has 3 atom stereocenters. The van der Waals surface area contributed by atoms with Crippen LogP contribution in [0.15, 0.2) is 65.0 Å². The van der Waals surface area contributed by atoms with E-state index in [1.807, 2.05) is 18.2 Å². The number of nitrogens with one attached hydrogen (secondary N) is 1. The van der Waals surface area contributed by atoms with Gasteiger partial charge < -0.3 is 29.0 Å². The third-order valence-corrected chi connectivity index (χ3v) is 7.32. The zero-order valence-corrected chi connectivity index (χ0v) is 23.7. The zero-order chi connectivity index (χ0) is 29.0. The first-order chi connectivity index (χ1) is 19.3. The van der Waals surface area contributed by atoms with Crippen molar-refractivity contribution < 1.29 is 38.1 Å². The molecule has 2 aliphatic rings. The van der Waals surface area contributed by atoms with Crippen LogP contribution in [0, 0.1) is 5.92 Å². The first kappa shape index (κ1) is 28.7. The number of allylic oxidation sites excluding steroid dienone is 3. The van der Waals surface area contributed by atoms with Crippen LogP contribution in [0.2, 0.25) is 0 Å². The van der Waals surface area contributed by atoms with Crippen molar-refractivity contribution in [1.29, 1.82) is 0 Å². The smallest absolute Gasteiger partial charge is 0.336 e. The van der Waals surface area contributed by atoms with Crippen LogP contribution in [0.5, 0.6) is 17.2 Å². The highest BCUT2D eigenvalue weighted by Crippen LogP contribution is 2.50. The van der Waals surface area contributed by atoms with Gasteiger partial charge in [-0.2, -0.15) is 0 Å². The average molecular weight is 550 g/mol. The molecule has 212 valence electrons. The van der Waals surface area contributed by atoms with Gasteiger partial charge in [-0.25, -0.2) is 4.79 Å². The maximum Gasteiger partial charge on any atom is 0.336 e. The van der Waals surface area contributed by atoms with E-state index in [-0.39, 0.29) is 18.8 Å². The van der Waals surface area contributed by atoms with Gasteiger partial charge in [0.1, 0.15) is 23.2 Å². The fraction of sp³-hybridized carbons (Fsp3) is 0.387. The third kappa shape index (κ3) is 5.28. The second-order valence-electron chi connectivity index (χ2n) is 9.50. The highest BCUT2D eigenvalue weighted by Gasteiger charge is 2.49. The topological polar surface area (TPSA) is 109 Å². The lowest BCUT2D eigenvalue weighted by molar-refractivity contribution is -0.152. The number of carbonyl (C=O) groups excluding carboxylic acids is 3. The standard InChI is InChI=1S/C31H35NO8/c1-7-39-30(34)25-17(3)32-23-16-21(18-10-9-11-19(14-18)36-4)27(31(35)40-8-2)29(33)28(23)26(25)22-15-20(37-5)12-13-24(22)38-6/h9-15,21,26-27,32H,7-8,16H2,1-6H3. The van der Waals surface area contributed by atoms with Crippen molar-refractivity contribution in [2.75, 3.05) is 34.5 Å². The first-order valence-electron chi connectivity index (χ1n) is 13.2. The predicted octanol–water partition coefficient (Wildman–Crippen LogP) is 4.43. The van der Waals surface area contributed by atoms with Crippen LogP contribution in [-0.4, -0.2) is 52.3 Å². The molecule has 2 aromatic carbocycles. The maximum absolute atomic E-state index is 14.5. The number of ether oxygens (including phenoxy) is 5. The second-order valence-corrected chi connectivity index (χ2v) is 9.50. The Bertz CT molecular complexity index is 1380. The van der Waals surface area contributed by atoms with Gasteiger partial charge in [0.15, 0.2) is 5.78 Å². The van der Waals surface area contributed by atoms with Crippen molar-refractivity contribution in [1.82, 2.24) is 5.32 Å². The Balaban J connectivity index is 1.96. The van der Waals surface area contributed by atoms with E-state index < -0.39 is 35.5 Å². The number of methoxy groups -OCH3 is 3. The Morgan fingerprint density at radius 2 is 1.62 bits per heavy atom. The van der Waals surface area contributed by atoms with Crippen LogP contribution in [0.25, 0.3) is 0 Å². The molecule has 0 saturated heterocycles.